The van der Waals surface area contributed by atoms with Gasteiger partial charge in [0.2, 0.25) is 0 Å². The molecular weight excluding hydrogens is 295 g/mol. The fourth-order valence-electron chi connectivity index (χ4n) is 3.39. The summed E-state index contributed by atoms with van der Waals surface area (Å²) in [4.78, 5) is 12.7. The minimum absolute atomic E-state index is 0.0513. The molecule has 3 nitrogen and oxygen atoms in total. The van der Waals surface area contributed by atoms with Crippen molar-refractivity contribution in [1.82, 2.24) is 5.32 Å². The average molecular weight is 313 g/mol. The maximum absolute atomic E-state index is 12.7. The zero-order valence-corrected chi connectivity index (χ0v) is 12.2. The second kappa shape index (κ2) is 5.66. The molecule has 1 aromatic carbocycles. The topological polar surface area (TPSA) is 38.3 Å². The van der Waals surface area contributed by atoms with E-state index in [1.165, 1.54) is 6.07 Å². The zero-order valence-electron chi connectivity index (χ0n) is 12.2. The number of aryl methyl sites for hydroxylation is 1. The first-order valence-electron chi connectivity index (χ1n) is 7.40. The standard InChI is InChI=1S/C16H18F3NO2/c1-9-4-11(16(17,18)19)2-3-14(9)15(21)10-5-12-7-22-8-13(6-10)20-12/h2-4,10,12-13,20H,5-8H2,1H3. The minimum atomic E-state index is -4.38. The Morgan fingerprint density at radius 2 is 1.86 bits per heavy atom. The molecule has 2 unspecified atom stereocenters. The van der Waals surface area contributed by atoms with Gasteiger partial charge < -0.3 is 10.1 Å². The number of carbonyl (C=O) groups is 1. The maximum atomic E-state index is 12.7. The highest BCUT2D eigenvalue weighted by Crippen LogP contribution is 2.32. The van der Waals surface area contributed by atoms with Crippen LogP contribution in [0, 0.1) is 12.8 Å². The molecule has 2 heterocycles. The smallest absolute Gasteiger partial charge is 0.378 e. The van der Waals surface area contributed by atoms with Crippen molar-refractivity contribution in [3.05, 3.63) is 34.9 Å². The van der Waals surface area contributed by atoms with Crippen LogP contribution in [0.5, 0.6) is 0 Å². The Hall–Kier alpha value is -1.40. The highest BCUT2D eigenvalue weighted by molar-refractivity contribution is 5.99. The number of morpholine rings is 1. The Morgan fingerprint density at radius 3 is 2.41 bits per heavy atom. The summed E-state index contributed by atoms with van der Waals surface area (Å²) in [6, 6.07) is 3.69. The molecule has 0 saturated carbocycles. The predicted octanol–water partition coefficient (Wildman–Crippen LogP) is 2.96. The van der Waals surface area contributed by atoms with Crippen LogP contribution in [0.3, 0.4) is 0 Å². The number of rotatable bonds is 2. The van der Waals surface area contributed by atoms with Crippen LogP contribution in [0.25, 0.3) is 0 Å². The summed E-state index contributed by atoms with van der Waals surface area (Å²) in [7, 11) is 0. The van der Waals surface area contributed by atoms with Gasteiger partial charge in [0.25, 0.3) is 0 Å². The summed E-state index contributed by atoms with van der Waals surface area (Å²) in [6.07, 6.45) is -3.03. The molecule has 2 aliphatic rings. The molecule has 0 aliphatic carbocycles. The van der Waals surface area contributed by atoms with Crippen LogP contribution < -0.4 is 5.32 Å². The lowest BCUT2D eigenvalue weighted by Crippen LogP contribution is -2.55. The fraction of sp³-hybridized carbons (Fsp3) is 0.562. The first-order valence-corrected chi connectivity index (χ1v) is 7.40. The van der Waals surface area contributed by atoms with Gasteiger partial charge in [0.05, 0.1) is 18.8 Å². The van der Waals surface area contributed by atoms with Crippen LogP contribution in [0.15, 0.2) is 18.2 Å². The number of piperidine rings is 1. The number of nitrogens with one attached hydrogen (secondary N) is 1. The van der Waals surface area contributed by atoms with E-state index in [1.807, 2.05) is 0 Å². The Balaban J connectivity index is 1.80. The number of ketones is 1. The number of halogens is 3. The van der Waals surface area contributed by atoms with Gasteiger partial charge in [-0.25, -0.2) is 0 Å². The van der Waals surface area contributed by atoms with Gasteiger partial charge in [0.15, 0.2) is 5.78 Å². The van der Waals surface area contributed by atoms with Gasteiger partial charge in [-0.3, -0.25) is 4.79 Å². The van der Waals surface area contributed by atoms with E-state index in [0.717, 1.165) is 12.1 Å². The molecule has 2 fully saturated rings. The Labute approximate surface area is 126 Å². The molecule has 2 saturated heterocycles. The highest BCUT2D eigenvalue weighted by atomic mass is 19.4. The number of alkyl halides is 3. The van der Waals surface area contributed by atoms with E-state index < -0.39 is 11.7 Å². The summed E-state index contributed by atoms with van der Waals surface area (Å²) in [5, 5.41) is 3.41. The van der Waals surface area contributed by atoms with Crippen molar-refractivity contribution >= 4 is 5.78 Å². The summed E-state index contributed by atoms with van der Waals surface area (Å²) < 4.78 is 43.6. The first-order chi connectivity index (χ1) is 10.3. The summed E-state index contributed by atoms with van der Waals surface area (Å²) in [5.41, 5.74) is 0.0794. The van der Waals surface area contributed by atoms with E-state index >= 15 is 0 Å². The number of hydrogen-bond donors (Lipinski definition) is 1. The third-order valence-corrected chi connectivity index (χ3v) is 4.44. The van der Waals surface area contributed by atoms with Crippen LogP contribution in [-0.2, 0) is 10.9 Å². The molecule has 3 rings (SSSR count). The van der Waals surface area contributed by atoms with E-state index in [1.54, 1.807) is 6.92 Å². The number of carbonyl (C=O) groups excluding carboxylic acids is 1. The quantitative estimate of drug-likeness (QED) is 0.853. The van der Waals surface area contributed by atoms with Crippen molar-refractivity contribution in [3.63, 3.8) is 0 Å². The molecule has 120 valence electrons. The Morgan fingerprint density at radius 1 is 1.23 bits per heavy atom. The van der Waals surface area contributed by atoms with Gasteiger partial charge in [-0.2, -0.15) is 13.2 Å². The second-order valence-corrected chi connectivity index (χ2v) is 6.16. The molecule has 22 heavy (non-hydrogen) atoms. The predicted molar refractivity (Wildman–Crippen MR) is 74.8 cm³/mol. The number of benzene rings is 1. The summed E-state index contributed by atoms with van der Waals surface area (Å²) in [5.74, 6) is -0.194. The van der Waals surface area contributed by atoms with Crippen LogP contribution in [0.4, 0.5) is 13.2 Å². The van der Waals surface area contributed by atoms with Gasteiger partial charge in [-0.15, -0.1) is 0 Å². The molecule has 2 atom stereocenters. The van der Waals surface area contributed by atoms with Crippen LogP contribution >= 0.6 is 0 Å². The average Bonchev–Trinajstić information content (AvgIpc) is 2.45. The summed E-state index contributed by atoms with van der Waals surface area (Å²) in [6.45, 7) is 2.74. The molecule has 1 aromatic rings. The van der Waals surface area contributed by atoms with Crippen molar-refractivity contribution < 1.29 is 22.7 Å². The van der Waals surface area contributed by atoms with Gasteiger partial charge in [0, 0.05) is 23.6 Å². The molecule has 0 spiro atoms. The van der Waals surface area contributed by atoms with E-state index in [0.29, 0.717) is 37.2 Å². The first kappa shape index (κ1) is 15.5. The lowest BCUT2D eigenvalue weighted by atomic mass is 9.81. The number of hydrogen-bond acceptors (Lipinski definition) is 3. The Kier molecular flexibility index (Phi) is 3.99. The van der Waals surface area contributed by atoms with Crippen molar-refractivity contribution in [2.75, 3.05) is 13.2 Å². The minimum Gasteiger partial charge on any atom is -0.378 e. The number of Topliss-reactive ketones (excluding diaryl/α,β-unsaturated/α-hetero) is 1. The van der Waals surface area contributed by atoms with Gasteiger partial charge in [0.1, 0.15) is 0 Å². The number of fused-ring (bicyclic) bond motifs is 2. The SMILES string of the molecule is Cc1cc(C(F)(F)F)ccc1C(=O)C1CC2COCC(C1)N2. The van der Waals surface area contributed by atoms with Crippen LogP contribution in [0.1, 0.15) is 34.3 Å². The monoisotopic (exact) mass is 313 g/mol. The van der Waals surface area contributed by atoms with Gasteiger partial charge in [-0.1, -0.05) is 6.07 Å². The lowest BCUT2D eigenvalue weighted by molar-refractivity contribution is -0.137. The largest absolute Gasteiger partial charge is 0.416 e. The molecule has 2 bridgehead atoms. The third kappa shape index (κ3) is 3.03. The molecule has 6 heteroatoms. The zero-order chi connectivity index (χ0) is 15.9. The van der Waals surface area contributed by atoms with E-state index in [-0.39, 0.29) is 23.8 Å². The van der Waals surface area contributed by atoms with Crippen LogP contribution in [-0.4, -0.2) is 31.1 Å². The maximum Gasteiger partial charge on any atom is 0.416 e. The fourth-order valence-corrected chi connectivity index (χ4v) is 3.39. The Bertz CT molecular complexity index is 573. The molecule has 1 N–H and O–H groups in total. The highest BCUT2D eigenvalue weighted by Gasteiger charge is 2.36. The van der Waals surface area contributed by atoms with Crippen molar-refractivity contribution in [1.29, 1.82) is 0 Å². The van der Waals surface area contributed by atoms with Crippen LogP contribution in [0.2, 0.25) is 0 Å². The lowest BCUT2D eigenvalue weighted by Gasteiger charge is -2.39. The summed E-state index contributed by atoms with van der Waals surface area (Å²) >= 11 is 0. The van der Waals surface area contributed by atoms with E-state index in [4.69, 9.17) is 4.74 Å². The molecule has 0 radical (unpaired) electrons. The van der Waals surface area contributed by atoms with Gasteiger partial charge in [-0.05, 0) is 37.5 Å². The van der Waals surface area contributed by atoms with E-state index in [9.17, 15) is 18.0 Å². The molecule has 0 aromatic heterocycles. The van der Waals surface area contributed by atoms with Gasteiger partial charge >= 0.3 is 6.18 Å². The second-order valence-electron chi connectivity index (χ2n) is 6.16. The third-order valence-electron chi connectivity index (χ3n) is 4.44. The van der Waals surface area contributed by atoms with E-state index in [2.05, 4.69) is 5.32 Å². The van der Waals surface area contributed by atoms with Crippen molar-refractivity contribution in [2.45, 2.75) is 38.0 Å². The van der Waals surface area contributed by atoms with Crippen molar-refractivity contribution in [2.24, 2.45) is 5.92 Å². The molecule has 2 aliphatic heterocycles. The molecule has 0 amide bonds. The number of ether oxygens (including phenoxy) is 1. The normalized spacial score (nSPS) is 28.5. The molecular formula is C16H18F3NO2. The van der Waals surface area contributed by atoms with Crippen molar-refractivity contribution in [3.8, 4) is 0 Å².